The third-order valence-corrected chi connectivity index (χ3v) is 4.82. The third-order valence-electron chi connectivity index (χ3n) is 4.28. The summed E-state index contributed by atoms with van der Waals surface area (Å²) in [5.74, 6) is 0. The van der Waals surface area contributed by atoms with Crippen LogP contribution < -0.4 is 0 Å². The summed E-state index contributed by atoms with van der Waals surface area (Å²) in [6.45, 7) is 2.61. The van der Waals surface area contributed by atoms with Crippen LogP contribution in [0.3, 0.4) is 0 Å². The second-order valence-corrected chi connectivity index (χ2v) is 9.34. The number of rotatable bonds is 16. The standard InChI is InChI=1S/C18H40NO5P/c1-5-6-7-8-9-10-11-12-13-14-15-18(24-25(21,22)23)17(20)16-19(2,3)4/h17-18,20H,5-16H2,1-4H3,(H-,21,22,23)/p+1. The lowest BCUT2D eigenvalue weighted by molar-refractivity contribution is -0.874. The molecule has 0 aliphatic rings. The predicted molar refractivity (Wildman–Crippen MR) is 102 cm³/mol. The molecule has 0 bridgehead atoms. The van der Waals surface area contributed by atoms with Crippen molar-refractivity contribution in [1.29, 1.82) is 0 Å². The molecule has 2 atom stereocenters. The van der Waals surface area contributed by atoms with Crippen LogP contribution in [0.4, 0.5) is 0 Å². The molecule has 0 heterocycles. The maximum absolute atomic E-state index is 11.1. The fraction of sp³-hybridized carbons (Fsp3) is 1.00. The van der Waals surface area contributed by atoms with Crippen molar-refractivity contribution in [3.8, 4) is 0 Å². The molecule has 0 amide bonds. The first-order valence-electron chi connectivity index (χ1n) is 9.77. The molecule has 152 valence electrons. The van der Waals surface area contributed by atoms with Crippen molar-refractivity contribution in [1.82, 2.24) is 0 Å². The van der Waals surface area contributed by atoms with Crippen LogP contribution in [0.2, 0.25) is 0 Å². The van der Waals surface area contributed by atoms with Crippen molar-refractivity contribution in [2.45, 2.75) is 89.8 Å². The Bertz CT molecular complexity index is 367. The normalized spacial score (nSPS) is 15.3. The van der Waals surface area contributed by atoms with E-state index in [-0.39, 0.29) is 0 Å². The Morgan fingerprint density at radius 3 is 1.72 bits per heavy atom. The van der Waals surface area contributed by atoms with Gasteiger partial charge < -0.3 is 19.4 Å². The number of quaternary nitrogens is 1. The minimum Gasteiger partial charge on any atom is -0.384 e. The zero-order valence-corrected chi connectivity index (χ0v) is 17.6. The number of hydrogen-bond acceptors (Lipinski definition) is 3. The van der Waals surface area contributed by atoms with Crippen LogP contribution in [-0.4, -0.2) is 59.3 Å². The van der Waals surface area contributed by atoms with Crippen molar-refractivity contribution in [2.24, 2.45) is 0 Å². The largest absolute Gasteiger partial charge is 0.469 e. The minimum absolute atomic E-state index is 0.391. The van der Waals surface area contributed by atoms with Gasteiger partial charge in [-0.05, 0) is 6.42 Å². The highest BCUT2D eigenvalue weighted by atomic mass is 31.2. The second-order valence-electron chi connectivity index (χ2n) is 8.15. The summed E-state index contributed by atoms with van der Waals surface area (Å²) in [5.41, 5.74) is 0. The third kappa shape index (κ3) is 17.2. The molecule has 0 fully saturated rings. The zero-order valence-electron chi connectivity index (χ0n) is 16.7. The second kappa shape index (κ2) is 13.2. The van der Waals surface area contributed by atoms with E-state index in [1.165, 1.54) is 44.9 Å². The highest BCUT2D eigenvalue weighted by Gasteiger charge is 2.31. The first kappa shape index (κ1) is 25.0. The van der Waals surface area contributed by atoms with Crippen molar-refractivity contribution >= 4 is 7.82 Å². The van der Waals surface area contributed by atoms with Gasteiger partial charge in [0.25, 0.3) is 0 Å². The van der Waals surface area contributed by atoms with Crippen LogP contribution >= 0.6 is 7.82 Å². The van der Waals surface area contributed by atoms with Crippen LogP contribution in [0.25, 0.3) is 0 Å². The van der Waals surface area contributed by atoms with E-state index in [9.17, 15) is 9.67 Å². The summed E-state index contributed by atoms with van der Waals surface area (Å²) in [5, 5.41) is 10.3. The Morgan fingerprint density at radius 1 is 0.880 bits per heavy atom. The molecule has 0 aliphatic heterocycles. The van der Waals surface area contributed by atoms with Crippen molar-refractivity contribution in [2.75, 3.05) is 27.7 Å². The SMILES string of the molecule is CCCCCCCCCCCCC(OP(=O)(O)O)C(O)C[N+](C)(C)C. The van der Waals surface area contributed by atoms with E-state index in [1.807, 2.05) is 21.1 Å². The molecule has 0 rings (SSSR count). The fourth-order valence-corrected chi connectivity index (χ4v) is 3.60. The van der Waals surface area contributed by atoms with Gasteiger partial charge in [0.05, 0.1) is 21.1 Å². The summed E-state index contributed by atoms with van der Waals surface area (Å²) in [6.07, 6.45) is 10.8. The van der Waals surface area contributed by atoms with E-state index >= 15 is 0 Å². The molecule has 0 radical (unpaired) electrons. The number of likely N-dealkylation sites (N-methyl/N-ethyl adjacent to an activating group) is 1. The summed E-state index contributed by atoms with van der Waals surface area (Å²) in [6, 6.07) is 0. The molecule has 6 nitrogen and oxygen atoms in total. The minimum atomic E-state index is -4.59. The number of phosphoric acid groups is 1. The molecule has 0 aromatic carbocycles. The Balaban J connectivity index is 4.01. The number of aliphatic hydroxyl groups excluding tert-OH is 1. The number of aliphatic hydroxyl groups is 1. The smallest absolute Gasteiger partial charge is 0.384 e. The molecular weight excluding hydrogens is 341 g/mol. The van der Waals surface area contributed by atoms with Gasteiger partial charge in [0.15, 0.2) is 0 Å². The lowest BCUT2D eigenvalue weighted by Crippen LogP contribution is -2.46. The lowest BCUT2D eigenvalue weighted by atomic mass is 10.0. The quantitative estimate of drug-likeness (QED) is 0.214. The van der Waals surface area contributed by atoms with Gasteiger partial charge in [-0.3, -0.25) is 4.52 Å². The fourth-order valence-electron chi connectivity index (χ4n) is 3.00. The molecule has 0 aliphatic carbocycles. The first-order chi connectivity index (χ1) is 11.5. The molecule has 0 aromatic rings. The average molecular weight is 383 g/mol. The zero-order chi connectivity index (χ0) is 19.3. The van der Waals surface area contributed by atoms with Crippen LogP contribution in [0, 0.1) is 0 Å². The van der Waals surface area contributed by atoms with Gasteiger partial charge in [0.2, 0.25) is 0 Å². The summed E-state index contributed by atoms with van der Waals surface area (Å²) in [7, 11) is 1.20. The van der Waals surface area contributed by atoms with E-state index in [2.05, 4.69) is 6.92 Å². The van der Waals surface area contributed by atoms with Gasteiger partial charge in [-0.2, -0.15) is 0 Å². The predicted octanol–water partition coefficient (Wildman–Crippen LogP) is 3.84. The van der Waals surface area contributed by atoms with E-state index in [0.717, 1.165) is 19.3 Å². The lowest BCUT2D eigenvalue weighted by Gasteiger charge is -2.30. The summed E-state index contributed by atoms with van der Waals surface area (Å²) < 4.78 is 16.5. The molecule has 3 N–H and O–H groups in total. The molecule has 0 saturated heterocycles. The van der Waals surface area contributed by atoms with Gasteiger partial charge in [-0.15, -0.1) is 0 Å². The topological polar surface area (TPSA) is 87.0 Å². The Kier molecular flexibility index (Phi) is 13.3. The van der Waals surface area contributed by atoms with E-state index in [4.69, 9.17) is 14.3 Å². The molecule has 2 unspecified atom stereocenters. The van der Waals surface area contributed by atoms with Crippen molar-refractivity contribution in [3.05, 3.63) is 0 Å². The Labute approximate surface area is 154 Å². The Hall–Kier alpha value is 0.0300. The number of nitrogens with zero attached hydrogens (tertiary/aromatic N) is 1. The van der Waals surface area contributed by atoms with Crippen molar-refractivity contribution in [3.63, 3.8) is 0 Å². The number of unbranched alkanes of at least 4 members (excludes halogenated alkanes) is 9. The average Bonchev–Trinajstić information content (AvgIpc) is 2.45. The Morgan fingerprint density at radius 2 is 1.32 bits per heavy atom. The van der Waals surface area contributed by atoms with Crippen LogP contribution in [0.1, 0.15) is 77.6 Å². The highest BCUT2D eigenvalue weighted by Crippen LogP contribution is 2.39. The molecule has 25 heavy (non-hydrogen) atoms. The van der Waals surface area contributed by atoms with Crippen LogP contribution in [0.5, 0.6) is 0 Å². The highest BCUT2D eigenvalue weighted by molar-refractivity contribution is 7.46. The maximum atomic E-state index is 11.1. The van der Waals surface area contributed by atoms with Gasteiger partial charge >= 0.3 is 7.82 Å². The van der Waals surface area contributed by atoms with Crippen LogP contribution in [-0.2, 0) is 9.09 Å². The van der Waals surface area contributed by atoms with Gasteiger partial charge in [0.1, 0.15) is 18.8 Å². The van der Waals surface area contributed by atoms with E-state index in [1.54, 1.807) is 0 Å². The van der Waals surface area contributed by atoms with Gasteiger partial charge in [-0.25, -0.2) is 4.57 Å². The summed E-state index contributed by atoms with van der Waals surface area (Å²) >= 11 is 0. The van der Waals surface area contributed by atoms with Gasteiger partial charge in [0, 0.05) is 0 Å². The monoisotopic (exact) mass is 382 g/mol. The summed E-state index contributed by atoms with van der Waals surface area (Å²) in [4.78, 5) is 18.1. The molecule has 0 spiro atoms. The van der Waals surface area contributed by atoms with E-state index in [0.29, 0.717) is 17.4 Å². The number of phosphoric ester groups is 1. The van der Waals surface area contributed by atoms with Crippen molar-refractivity contribution < 1.29 is 28.5 Å². The van der Waals surface area contributed by atoms with E-state index < -0.39 is 20.0 Å². The van der Waals surface area contributed by atoms with Gasteiger partial charge in [-0.1, -0.05) is 71.1 Å². The molecular formula is C18H41NO5P+. The molecule has 0 saturated carbocycles. The first-order valence-corrected chi connectivity index (χ1v) is 11.3. The number of hydrogen-bond donors (Lipinski definition) is 3. The van der Waals surface area contributed by atoms with Crippen LogP contribution in [0.15, 0.2) is 0 Å². The maximum Gasteiger partial charge on any atom is 0.469 e. The molecule has 0 aromatic heterocycles. The molecule has 7 heteroatoms.